The molecule has 2 aromatic rings. The fourth-order valence-corrected chi connectivity index (χ4v) is 2.10. The molecule has 3 nitrogen and oxygen atoms in total. The van der Waals surface area contributed by atoms with Crippen LogP contribution in [0.5, 0.6) is 0 Å². The van der Waals surface area contributed by atoms with Crippen molar-refractivity contribution in [2.45, 2.75) is 27.2 Å². The van der Waals surface area contributed by atoms with Crippen LogP contribution in [-0.4, -0.2) is 16.5 Å². The zero-order valence-electron chi connectivity index (χ0n) is 11.8. The number of hydrogen-bond donors (Lipinski definition) is 1. The second-order valence-electron chi connectivity index (χ2n) is 4.64. The lowest BCUT2D eigenvalue weighted by Crippen LogP contribution is -2.07. The Morgan fingerprint density at radius 2 is 1.90 bits per heavy atom. The molecule has 2 rings (SSSR count). The van der Waals surface area contributed by atoms with Gasteiger partial charge in [-0.05, 0) is 38.5 Å². The molecule has 0 spiro atoms. The van der Waals surface area contributed by atoms with E-state index >= 15 is 0 Å². The molecule has 0 atom stereocenters. The van der Waals surface area contributed by atoms with Crippen LogP contribution in [0.1, 0.15) is 24.7 Å². The molecule has 1 heterocycles. The quantitative estimate of drug-likeness (QED) is 0.909. The summed E-state index contributed by atoms with van der Waals surface area (Å²) in [4.78, 5) is 9.08. The van der Waals surface area contributed by atoms with Gasteiger partial charge in [-0.15, -0.1) is 0 Å². The SMILES string of the molecule is CCCNc1nc(C)c(C)nc1-c1ccc(F)cc1Cl. The van der Waals surface area contributed by atoms with Crippen LogP contribution in [0.15, 0.2) is 18.2 Å². The lowest BCUT2D eigenvalue weighted by Gasteiger charge is -2.13. The Balaban J connectivity index is 2.55. The van der Waals surface area contributed by atoms with E-state index in [1.165, 1.54) is 12.1 Å². The second kappa shape index (κ2) is 6.18. The minimum Gasteiger partial charge on any atom is -0.368 e. The monoisotopic (exact) mass is 293 g/mol. The van der Waals surface area contributed by atoms with E-state index in [2.05, 4.69) is 22.2 Å². The van der Waals surface area contributed by atoms with E-state index in [-0.39, 0.29) is 5.82 Å². The average molecular weight is 294 g/mol. The number of nitrogens with zero attached hydrogens (tertiary/aromatic N) is 2. The molecular weight excluding hydrogens is 277 g/mol. The summed E-state index contributed by atoms with van der Waals surface area (Å²) in [5.41, 5.74) is 3.04. The smallest absolute Gasteiger partial charge is 0.152 e. The predicted molar refractivity (Wildman–Crippen MR) is 80.7 cm³/mol. The third kappa shape index (κ3) is 3.07. The molecule has 0 unspecified atom stereocenters. The first-order valence-electron chi connectivity index (χ1n) is 6.57. The Kier molecular flexibility index (Phi) is 4.55. The Bertz CT molecular complexity index is 629. The van der Waals surface area contributed by atoms with Crippen LogP contribution in [0.3, 0.4) is 0 Å². The van der Waals surface area contributed by atoms with Gasteiger partial charge in [-0.2, -0.15) is 0 Å². The lowest BCUT2D eigenvalue weighted by molar-refractivity contribution is 0.628. The highest BCUT2D eigenvalue weighted by molar-refractivity contribution is 6.33. The van der Waals surface area contributed by atoms with Gasteiger partial charge in [-0.25, -0.2) is 14.4 Å². The molecule has 20 heavy (non-hydrogen) atoms. The molecule has 0 aliphatic carbocycles. The summed E-state index contributed by atoms with van der Waals surface area (Å²) in [6.45, 7) is 6.68. The van der Waals surface area contributed by atoms with E-state index in [0.29, 0.717) is 22.1 Å². The van der Waals surface area contributed by atoms with E-state index in [1.807, 2.05) is 13.8 Å². The van der Waals surface area contributed by atoms with Crippen LogP contribution in [0.25, 0.3) is 11.3 Å². The molecule has 0 amide bonds. The third-order valence-corrected chi connectivity index (χ3v) is 3.35. The zero-order valence-corrected chi connectivity index (χ0v) is 12.6. The van der Waals surface area contributed by atoms with Gasteiger partial charge in [0.1, 0.15) is 11.5 Å². The molecule has 0 bridgehead atoms. The summed E-state index contributed by atoms with van der Waals surface area (Å²) in [6.07, 6.45) is 0.977. The lowest BCUT2D eigenvalue weighted by atomic mass is 10.1. The van der Waals surface area contributed by atoms with Crippen molar-refractivity contribution in [2.75, 3.05) is 11.9 Å². The first-order valence-corrected chi connectivity index (χ1v) is 6.95. The van der Waals surface area contributed by atoms with Gasteiger partial charge >= 0.3 is 0 Å². The number of hydrogen-bond acceptors (Lipinski definition) is 3. The molecular formula is C15H17ClFN3. The van der Waals surface area contributed by atoms with Crippen LogP contribution < -0.4 is 5.32 Å². The zero-order chi connectivity index (χ0) is 14.7. The molecule has 0 saturated carbocycles. The number of aryl methyl sites for hydroxylation is 2. The minimum atomic E-state index is -0.362. The van der Waals surface area contributed by atoms with Crippen molar-refractivity contribution in [1.29, 1.82) is 0 Å². The molecule has 1 aromatic heterocycles. The second-order valence-corrected chi connectivity index (χ2v) is 5.05. The van der Waals surface area contributed by atoms with Gasteiger partial charge in [0.2, 0.25) is 0 Å². The summed E-state index contributed by atoms with van der Waals surface area (Å²) >= 11 is 6.13. The third-order valence-electron chi connectivity index (χ3n) is 3.04. The van der Waals surface area contributed by atoms with Crippen molar-refractivity contribution in [3.05, 3.63) is 40.4 Å². The van der Waals surface area contributed by atoms with Gasteiger partial charge in [-0.1, -0.05) is 18.5 Å². The summed E-state index contributed by atoms with van der Waals surface area (Å²) in [5.74, 6) is 0.321. The standard InChI is InChI=1S/C15H17ClFN3/c1-4-7-18-15-14(19-9(2)10(3)20-15)12-6-5-11(17)8-13(12)16/h5-6,8H,4,7H2,1-3H3,(H,18,20). The number of anilines is 1. The van der Waals surface area contributed by atoms with Crippen LogP contribution in [-0.2, 0) is 0 Å². The number of rotatable bonds is 4. The molecule has 0 aliphatic rings. The fourth-order valence-electron chi connectivity index (χ4n) is 1.84. The van der Waals surface area contributed by atoms with Gasteiger partial charge < -0.3 is 5.32 Å². The van der Waals surface area contributed by atoms with Crippen LogP contribution in [0, 0.1) is 19.7 Å². The summed E-state index contributed by atoms with van der Waals surface area (Å²) in [6, 6.07) is 4.30. The van der Waals surface area contributed by atoms with Crippen molar-refractivity contribution >= 4 is 17.4 Å². The Labute approximate surface area is 123 Å². The van der Waals surface area contributed by atoms with Gasteiger partial charge in [-0.3, -0.25) is 0 Å². The van der Waals surface area contributed by atoms with Gasteiger partial charge in [0.25, 0.3) is 0 Å². The van der Waals surface area contributed by atoms with E-state index in [4.69, 9.17) is 11.6 Å². The topological polar surface area (TPSA) is 37.8 Å². The predicted octanol–water partition coefficient (Wildman–Crippen LogP) is 4.37. The summed E-state index contributed by atoms with van der Waals surface area (Å²) in [5, 5.41) is 3.58. The Morgan fingerprint density at radius 1 is 1.20 bits per heavy atom. The van der Waals surface area contributed by atoms with E-state index in [9.17, 15) is 4.39 Å². The first-order chi connectivity index (χ1) is 9.52. The summed E-state index contributed by atoms with van der Waals surface area (Å²) < 4.78 is 13.2. The Morgan fingerprint density at radius 3 is 2.55 bits per heavy atom. The molecule has 1 N–H and O–H groups in total. The van der Waals surface area contributed by atoms with Gasteiger partial charge in [0, 0.05) is 12.1 Å². The van der Waals surface area contributed by atoms with Crippen molar-refractivity contribution in [3.8, 4) is 11.3 Å². The average Bonchev–Trinajstić information content (AvgIpc) is 2.40. The van der Waals surface area contributed by atoms with Crippen molar-refractivity contribution in [2.24, 2.45) is 0 Å². The molecule has 0 radical (unpaired) electrons. The molecule has 0 fully saturated rings. The highest BCUT2D eigenvalue weighted by Crippen LogP contribution is 2.32. The van der Waals surface area contributed by atoms with Crippen LogP contribution in [0.4, 0.5) is 10.2 Å². The maximum atomic E-state index is 13.2. The van der Waals surface area contributed by atoms with Crippen molar-refractivity contribution in [3.63, 3.8) is 0 Å². The summed E-state index contributed by atoms with van der Waals surface area (Å²) in [7, 11) is 0. The van der Waals surface area contributed by atoms with Gasteiger partial charge in [0.05, 0.1) is 16.4 Å². The minimum absolute atomic E-state index is 0.335. The first kappa shape index (κ1) is 14.7. The number of nitrogens with one attached hydrogen (secondary N) is 1. The van der Waals surface area contributed by atoms with Crippen LogP contribution >= 0.6 is 11.6 Å². The molecule has 0 aliphatic heterocycles. The van der Waals surface area contributed by atoms with E-state index in [0.717, 1.165) is 24.4 Å². The number of benzene rings is 1. The van der Waals surface area contributed by atoms with E-state index in [1.54, 1.807) is 6.07 Å². The fraction of sp³-hybridized carbons (Fsp3) is 0.333. The highest BCUT2D eigenvalue weighted by Gasteiger charge is 2.14. The van der Waals surface area contributed by atoms with E-state index < -0.39 is 0 Å². The number of halogens is 2. The number of aromatic nitrogens is 2. The molecule has 1 aromatic carbocycles. The van der Waals surface area contributed by atoms with Crippen molar-refractivity contribution < 1.29 is 4.39 Å². The maximum Gasteiger partial charge on any atom is 0.152 e. The maximum absolute atomic E-state index is 13.2. The molecule has 0 saturated heterocycles. The molecule has 106 valence electrons. The normalized spacial score (nSPS) is 10.7. The van der Waals surface area contributed by atoms with Crippen LogP contribution in [0.2, 0.25) is 5.02 Å². The van der Waals surface area contributed by atoms with Gasteiger partial charge in [0.15, 0.2) is 5.82 Å². The highest BCUT2D eigenvalue weighted by atomic mass is 35.5. The Hall–Kier alpha value is -1.68. The largest absolute Gasteiger partial charge is 0.368 e. The van der Waals surface area contributed by atoms with Crippen molar-refractivity contribution in [1.82, 2.24) is 9.97 Å². The molecule has 5 heteroatoms.